The molecule has 3 rings (SSSR count). The van der Waals surface area contributed by atoms with Crippen molar-refractivity contribution in [2.45, 2.75) is 44.8 Å². The highest BCUT2D eigenvalue weighted by Gasteiger charge is 2.49. The average Bonchev–Trinajstić information content (AvgIpc) is 2.97. The minimum atomic E-state index is -4.72. The van der Waals surface area contributed by atoms with E-state index in [1.807, 2.05) is 0 Å². The maximum Gasteiger partial charge on any atom is 0.417 e. The maximum atomic E-state index is 13.4. The highest BCUT2D eigenvalue weighted by atomic mass is 32.1. The Balaban J connectivity index is 1.62. The van der Waals surface area contributed by atoms with Crippen molar-refractivity contribution in [3.63, 3.8) is 0 Å². The molecule has 182 valence electrons. The Morgan fingerprint density at radius 2 is 1.71 bits per heavy atom. The third-order valence-electron chi connectivity index (χ3n) is 6.38. The SMILES string of the molecule is CC1(C)C(=O)N(c2ccc(C#N)c(C(F)(F)F)c2)C(=S)N1CCCCCN1CCN(C#N)CC1. The van der Waals surface area contributed by atoms with E-state index >= 15 is 0 Å². The van der Waals surface area contributed by atoms with E-state index in [-0.39, 0.29) is 10.8 Å². The lowest BCUT2D eigenvalue weighted by Gasteiger charge is -2.32. The number of rotatable bonds is 7. The maximum absolute atomic E-state index is 13.4. The fourth-order valence-corrected chi connectivity index (χ4v) is 4.80. The van der Waals surface area contributed by atoms with Crippen molar-refractivity contribution in [1.82, 2.24) is 14.7 Å². The summed E-state index contributed by atoms with van der Waals surface area (Å²) in [5, 5.41) is 18.1. The van der Waals surface area contributed by atoms with Gasteiger partial charge in [-0.25, -0.2) is 0 Å². The van der Waals surface area contributed by atoms with Gasteiger partial charge in [-0.2, -0.15) is 23.7 Å². The minimum absolute atomic E-state index is 0.00779. The first kappa shape index (κ1) is 25.7. The number of nitriles is 2. The van der Waals surface area contributed by atoms with Gasteiger partial charge in [0.1, 0.15) is 5.54 Å². The van der Waals surface area contributed by atoms with Gasteiger partial charge >= 0.3 is 6.18 Å². The van der Waals surface area contributed by atoms with Crippen LogP contribution in [-0.2, 0) is 11.0 Å². The summed E-state index contributed by atoms with van der Waals surface area (Å²) in [4.78, 5) is 20.1. The van der Waals surface area contributed by atoms with Crippen molar-refractivity contribution in [3.8, 4) is 12.3 Å². The van der Waals surface area contributed by atoms with E-state index in [0.29, 0.717) is 6.54 Å². The van der Waals surface area contributed by atoms with Crippen molar-refractivity contribution < 1.29 is 18.0 Å². The van der Waals surface area contributed by atoms with Crippen LogP contribution in [0, 0.1) is 22.8 Å². The lowest BCUT2D eigenvalue weighted by molar-refractivity contribution is -0.137. The van der Waals surface area contributed by atoms with Crippen LogP contribution < -0.4 is 4.90 Å². The molecule has 0 aliphatic carbocycles. The average molecular weight is 493 g/mol. The van der Waals surface area contributed by atoms with E-state index < -0.39 is 28.7 Å². The van der Waals surface area contributed by atoms with Crippen LogP contribution in [0.5, 0.6) is 0 Å². The first-order valence-electron chi connectivity index (χ1n) is 11.1. The molecule has 2 saturated heterocycles. The molecule has 0 unspecified atom stereocenters. The number of piperazine rings is 1. The number of benzene rings is 1. The molecule has 1 aromatic rings. The van der Waals surface area contributed by atoms with E-state index in [0.717, 1.165) is 69.0 Å². The van der Waals surface area contributed by atoms with Gasteiger partial charge in [0.2, 0.25) is 0 Å². The number of unbranched alkanes of at least 4 members (excludes halogenated alkanes) is 2. The molecular weight excluding hydrogens is 465 g/mol. The number of halogens is 3. The van der Waals surface area contributed by atoms with Gasteiger partial charge < -0.3 is 9.80 Å². The Bertz CT molecular complexity index is 1020. The van der Waals surface area contributed by atoms with Crippen LogP contribution in [0.15, 0.2) is 18.2 Å². The van der Waals surface area contributed by atoms with E-state index in [2.05, 4.69) is 11.1 Å². The molecule has 0 bridgehead atoms. The molecule has 1 amide bonds. The third kappa shape index (κ3) is 5.26. The van der Waals surface area contributed by atoms with Gasteiger partial charge in [0.15, 0.2) is 11.3 Å². The van der Waals surface area contributed by atoms with Crippen molar-refractivity contribution in [2.75, 3.05) is 44.2 Å². The summed E-state index contributed by atoms with van der Waals surface area (Å²) in [6.45, 7) is 8.10. The second-order valence-corrected chi connectivity index (χ2v) is 9.33. The number of amides is 1. The number of carbonyl (C=O) groups is 1. The molecule has 0 aromatic heterocycles. The van der Waals surface area contributed by atoms with Gasteiger partial charge in [-0.3, -0.25) is 14.6 Å². The highest BCUT2D eigenvalue weighted by Crippen LogP contribution is 2.37. The van der Waals surface area contributed by atoms with Crippen LogP contribution in [0.3, 0.4) is 0 Å². The van der Waals surface area contributed by atoms with E-state index in [9.17, 15) is 18.0 Å². The zero-order chi connectivity index (χ0) is 25.1. The molecule has 0 radical (unpaired) electrons. The molecule has 1 aromatic carbocycles. The fourth-order valence-electron chi connectivity index (χ4n) is 4.30. The highest BCUT2D eigenvalue weighted by molar-refractivity contribution is 7.80. The second kappa shape index (κ2) is 10.2. The lowest BCUT2D eigenvalue weighted by Crippen LogP contribution is -2.45. The standard InChI is InChI=1S/C23H27F3N6OS/c1-22(2)20(33)32(18-7-6-17(15-27)19(14-18)23(24,25)26)21(34)31(22)9-5-3-4-8-29-10-12-30(16-28)13-11-29/h6-7,14H,3-5,8-13H2,1-2H3. The van der Waals surface area contributed by atoms with Crippen LogP contribution in [-0.4, -0.2) is 70.5 Å². The van der Waals surface area contributed by atoms with Crippen molar-refractivity contribution in [2.24, 2.45) is 0 Å². The van der Waals surface area contributed by atoms with Gasteiger partial charge in [0.25, 0.3) is 5.91 Å². The molecule has 2 fully saturated rings. The van der Waals surface area contributed by atoms with E-state index in [4.69, 9.17) is 22.7 Å². The lowest BCUT2D eigenvalue weighted by atomic mass is 10.0. The molecule has 0 spiro atoms. The molecular formula is C23H27F3N6OS. The van der Waals surface area contributed by atoms with Gasteiger partial charge in [-0.05, 0) is 63.7 Å². The predicted molar refractivity (Wildman–Crippen MR) is 125 cm³/mol. The topological polar surface area (TPSA) is 77.6 Å². The van der Waals surface area contributed by atoms with E-state index in [1.54, 1.807) is 29.7 Å². The molecule has 34 heavy (non-hydrogen) atoms. The zero-order valence-corrected chi connectivity index (χ0v) is 20.0. The number of hydrogen-bond acceptors (Lipinski definition) is 6. The first-order valence-corrected chi connectivity index (χ1v) is 11.6. The monoisotopic (exact) mass is 492 g/mol. The summed E-state index contributed by atoms with van der Waals surface area (Å²) >= 11 is 5.52. The van der Waals surface area contributed by atoms with Gasteiger partial charge in [-0.15, -0.1) is 0 Å². The number of nitrogens with zero attached hydrogens (tertiary/aromatic N) is 6. The molecule has 2 aliphatic rings. The summed E-state index contributed by atoms with van der Waals surface area (Å²) in [7, 11) is 0. The van der Waals surface area contributed by atoms with Crippen molar-refractivity contribution >= 4 is 28.9 Å². The summed E-state index contributed by atoms with van der Waals surface area (Å²) in [5.74, 6) is -0.398. The normalized spacial score (nSPS) is 18.9. The third-order valence-corrected chi connectivity index (χ3v) is 6.78. The number of carbonyl (C=O) groups excluding carboxylic acids is 1. The quantitative estimate of drug-likeness (QED) is 0.327. The number of anilines is 1. The zero-order valence-electron chi connectivity index (χ0n) is 19.2. The Labute approximate surface area is 202 Å². The molecule has 0 saturated carbocycles. The van der Waals surface area contributed by atoms with E-state index in [1.165, 1.54) is 6.07 Å². The van der Waals surface area contributed by atoms with Crippen molar-refractivity contribution in [3.05, 3.63) is 29.3 Å². The Morgan fingerprint density at radius 1 is 1.06 bits per heavy atom. The second-order valence-electron chi connectivity index (χ2n) is 8.96. The molecule has 0 atom stereocenters. The fraction of sp³-hybridized carbons (Fsp3) is 0.565. The number of thiocarbonyl (C=S) groups is 1. The van der Waals surface area contributed by atoms with Crippen LogP contribution in [0.2, 0.25) is 0 Å². The predicted octanol–water partition coefficient (Wildman–Crippen LogP) is 3.56. The molecule has 7 nitrogen and oxygen atoms in total. The van der Waals surface area contributed by atoms with Crippen LogP contribution >= 0.6 is 12.2 Å². The summed E-state index contributed by atoms with van der Waals surface area (Å²) in [6, 6.07) is 4.76. The summed E-state index contributed by atoms with van der Waals surface area (Å²) in [6.07, 6.45) is 0.110. The molecule has 11 heteroatoms. The first-order chi connectivity index (χ1) is 16.0. The summed E-state index contributed by atoms with van der Waals surface area (Å²) < 4.78 is 40.3. The Kier molecular flexibility index (Phi) is 7.69. The van der Waals surface area contributed by atoms with Crippen LogP contribution in [0.4, 0.5) is 18.9 Å². The largest absolute Gasteiger partial charge is 0.417 e. The molecule has 0 N–H and O–H groups in total. The van der Waals surface area contributed by atoms with Crippen LogP contribution in [0.1, 0.15) is 44.2 Å². The summed E-state index contributed by atoms with van der Waals surface area (Å²) in [5.41, 5.74) is -2.57. The van der Waals surface area contributed by atoms with Gasteiger partial charge in [0, 0.05) is 32.7 Å². The van der Waals surface area contributed by atoms with Gasteiger partial charge in [0.05, 0.1) is 22.9 Å². The molecule has 2 heterocycles. The van der Waals surface area contributed by atoms with Crippen LogP contribution in [0.25, 0.3) is 0 Å². The smallest absolute Gasteiger partial charge is 0.334 e. The Hall–Kier alpha value is -2.89. The number of alkyl halides is 3. The van der Waals surface area contributed by atoms with Gasteiger partial charge in [-0.1, -0.05) is 6.42 Å². The molecule has 2 aliphatic heterocycles. The Morgan fingerprint density at radius 3 is 2.29 bits per heavy atom. The number of hydrogen-bond donors (Lipinski definition) is 0. The minimum Gasteiger partial charge on any atom is -0.334 e. The van der Waals surface area contributed by atoms with Crippen molar-refractivity contribution in [1.29, 1.82) is 10.5 Å².